The molecule has 28 heavy (non-hydrogen) atoms. The van der Waals surface area contributed by atoms with Gasteiger partial charge in [0.1, 0.15) is 6.04 Å². The van der Waals surface area contributed by atoms with Crippen LogP contribution in [-0.4, -0.2) is 61.6 Å². The number of imide groups is 1. The summed E-state index contributed by atoms with van der Waals surface area (Å²) in [6.45, 7) is 3.15. The van der Waals surface area contributed by atoms with Crippen molar-refractivity contribution in [2.75, 3.05) is 31.6 Å². The Hall–Kier alpha value is -2.91. The van der Waals surface area contributed by atoms with Gasteiger partial charge in [0.05, 0.1) is 7.11 Å². The van der Waals surface area contributed by atoms with Crippen LogP contribution in [0, 0.1) is 11.6 Å². The Morgan fingerprint density at radius 3 is 2.64 bits per heavy atom. The molecule has 0 spiro atoms. The molecule has 152 valence electrons. The molecule has 2 aliphatic rings. The first-order valence-corrected chi connectivity index (χ1v) is 8.99. The van der Waals surface area contributed by atoms with Gasteiger partial charge in [-0.2, -0.15) is 4.39 Å². The van der Waals surface area contributed by atoms with E-state index in [2.05, 4.69) is 10.6 Å². The summed E-state index contributed by atoms with van der Waals surface area (Å²) in [6, 6.07) is 1.19. The molecular weight excluding hydrogens is 374 g/mol. The van der Waals surface area contributed by atoms with Crippen LogP contribution in [0.15, 0.2) is 12.1 Å². The lowest BCUT2D eigenvalue weighted by molar-refractivity contribution is -0.132. The van der Waals surface area contributed by atoms with Gasteiger partial charge in [-0.15, -0.1) is 0 Å². The molecule has 2 aliphatic heterocycles. The van der Waals surface area contributed by atoms with Crippen LogP contribution in [0.1, 0.15) is 19.8 Å². The molecule has 1 aromatic rings. The van der Waals surface area contributed by atoms with Crippen molar-refractivity contribution in [2.24, 2.45) is 0 Å². The van der Waals surface area contributed by atoms with Crippen LogP contribution in [0.3, 0.4) is 0 Å². The molecular formula is C18H22F2N4O4. The van der Waals surface area contributed by atoms with E-state index >= 15 is 0 Å². The van der Waals surface area contributed by atoms with E-state index in [1.54, 1.807) is 4.90 Å². The number of carbonyl (C=O) groups excluding carboxylic acids is 3. The highest BCUT2D eigenvalue weighted by Gasteiger charge is 2.32. The molecule has 0 saturated carbocycles. The van der Waals surface area contributed by atoms with Crippen molar-refractivity contribution in [1.29, 1.82) is 0 Å². The lowest BCUT2D eigenvalue weighted by atomic mass is 10.1. The normalized spacial score (nSPS) is 22.1. The van der Waals surface area contributed by atoms with Crippen LogP contribution in [0.2, 0.25) is 0 Å². The van der Waals surface area contributed by atoms with Gasteiger partial charge in [-0.05, 0) is 13.3 Å². The first kappa shape index (κ1) is 19.8. The average molecular weight is 396 g/mol. The smallest absolute Gasteiger partial charge is 0.322 e. The number of hydrogen-bond donors (Lipinski definition) is 2. The van der Waals surface area contributed by atoms with Gasteiger partial charge < -0.3 is 19.9 Å². The predicted molar refractivity (Wildman–Crippen MR) is 96.0 cm³/mol. The summed E-state index contributed by atoms with van der Waals surface area (Å²) < 4.78 is 32.3. The Kier molecular flexibility index (Phi) is 5.66. The number of hydrogen-bond acceptors (Lipinski definition) is 5. The van der Waals surface area contributed by atoms with E-state index in [1.807, 2.05) is 11.8 Å². The molecule has 2 heterocycles. The quantitative estimate of drug-likeness (QED) is 0.725. The maximum atomic E-state index is 13.8. The van der Waals surface area contributed by atoms with Crippen LogP contribution < -0.4 is 20.3 Å². The van der Waals surface area contributed by atoms with Gasteiger partial charge >= 0.3 is 6.03 Å². The summed E-state index contributed by atoms with van der Waals surface area (Å²) in [5.74, 6) is -2.74. The van der Waals surface area contributed by atoms with Gasteiger partial charge in [0.2, 0.25) is 11.7 Å². The molecule has 3 rings (SSSR count). The van der Waals surface area contributed by atoms with Crippen LogP contribution >= 0.6 is 0 Å². The van der Waals surface area contributed by atoms with Crippen molar-refractivity contribution in [2.45, 2.75) is 31.8 Å². The standard InChI is InChI=1S/C18H22F2N4O4/c1-10-9-23(15(25)4-3-13-17(26)22-18(27)21-13)5-6-24(10)11-7-12(19)16(20)14(8-11)28-2/h7-8,10,13H,3-6,9H2,1-2H3,(H2,21,22,26,27)/t10-,13+/m0/s1. The predicted octanol–water partition coefficient (Wildman–Crippen LogP) is 0.999. The number of urea groups is 1. The summed E-state index contributed by atoms with van der Waals surface area (Å²) in [5.41, 5.74) is 0.487. The third-order valence-electron chi connectivity index (χ3n) is 5.02. The molecule has 2 saturated heterocycles. The number of benzene rings is 1. The fourth-order valence-electron chi connectivity index (χ4n) is 3.52. The molecule has 10 heteroatoms. The van der Waals surface area contributed by atoms with Crippen LogP contribution in [0.5, 0.6) is 5.75 Å². The van der Waals surface area contributed by atoms with E-state index in [4.69, 9.17) is 4.74 Å². The van der Waals surface area contributed by atoms with Crippen molar-refractivity contribution >= 4 is 23.5 Å². The van der Waals surface area contributed by atoms with Gasteiger partial charge in [0, 0.05) is 49.9 Å². The molecule has 0 radical (unpaired) electrons. The van der Waals surface area contributed by atoms with Gasteiger partial charge in [-0.1, -0.05) is 0 Å². The van der Waals surface area contributed by atoms with Crippen LogP contribution in [0.25, 0.3) is 0 Å². The number of methoxy groups -OCH3 is 1. The van der Waals surface area contributed by atoms with E-state index in [0.717, 1.165) is 6.07 Å². The first-order valence-electron chi connectivity index (χ1n) is 8.99. The minimum absolute atomic E-state index is 0.122. The molecule has 4 amide bonds. The van der Waals surface area contributed by atoms with Crippen LogP contribution in [0.4, 0.5) is 19.3 Å². The molecule has 1 aromatic carbocycles. The SMILES string of the molecule is COc1cc(N2CCN(C(=O)CC[C@H]3NC(=O)NC3=O)C[C@@H]2C)cc(F)c1F. The van der Waals surface area contributed by atoms with Gasteiger partial charge in [-0.25, -0.2) is 9.18 Å². The zero-order valence-corrected chi connectivity index (χ0v) is 15.6. The number of amides is 4. The highest BCUT2D eigenvalue weighted by atomic mass is 19.2. The molecule has 0 aromatic heterocycles. The van der Waals surface area contributed by atoms with Crippen molar-refractivity contribution in [3.05, 3.63) is 23.8 Å². The fraction of sp³-hybridized carbons (Fsp3) is 0.500. The number of anilines is 1. The van der Waals surface area contributed by atoms with E-state index in [1.165, 1.54) is 13.2 Å². The van der Waals surface area contributed by atoms with Gasteiger partial charge in [0.25, 0.3) is 5.91 Å². The Labute approximate surface area is 160 Å². The second-order valence-corrected chi connectivity index (χ2v) is 6.88. The number of ether oxygens (including phenoxy) is 1. The molecule has 0 aliphatic carbocycles. The van der Waals surface area contributed by atoms with Gasteiger partial charge in [-0.3, -0.25) is 14.9 Å². The van der Waals surface area contributed by atoms with E-state index in [9.17, 15) is 23.2 Å². The van der Waals surface area contributed by atoms with E-state index in [0.29, 0.717) is 25.3 Å². The zero-order chi connectivity index (χ0) is 20.4. The maximum Gasteiger partial charge on any atom is 0.322 e. The Morgan fingerprint density at radius 1 is 1.29 bits per heavy atom. The monoisotopic (exact) mass is 396 g/mol. The summed E-state index contributed by atoms with van der Waals surface area (Å²) >= 11 is 0. The van der Waals surface area contributed by atoms with Crippen molar-refractivity contribution < 1.29 is 27.9 Å². The Balaban J connectivity index is 1.59. The number of rotatable bonds is 5. The van der Waals surface area contributed by atoms with Crippen LogP contribution in [-0.2, 0) is 9.59 Å². The summed E-state index contributed by atoms with van der Waals surface area (Å²) in [4.78, 5) is 38.7. The molecule has 2 N–H and O–H groups in total. The number of nitrogens with one attached hydrogen (secondary N) is 2. The highest BCUT2D eigenvalue weighted by Crippen LogP contribution is 2.29. The molecule has 2 atom stereocenters. The van der Waals surface area contributed by atoms with Crippen molar-refractivity contribution in [3.63, 3.8) is 0 Å². The summed E-state index contributed by atoms with van der Waals surface area (Å²) in [6.07, 6.45) is 0.357. The number of piperazine rings is 1. The Morgan fingerprint density at radius 2 is 2.04 bits per heavy atom. The second-order valence-electron chi connectivity index (χ2n) is 6.88. The summed E-state index contributed by atoms with van der Waals surface area (Å²) in [7, 11) is 1.27. The van der Waals surface area contributed by atoms with Crippen molar-refractivity contribution in [3.8, 4) is 5.75 Å². The minimum atomic E-state index is -1.03. The molecule has 8 nitrogen and oxygen atoms in total. The average Bonchev–Trinajstić information content (AvgIpc) is 2.99. The number of halogens is 2. The highest BCUT2D eigenvalue weighted by molar-refractivity contribution is 6.04. The third-order valence-corrected chi connectivity index (χ3v) is 5.02. The van der Waals surface area contributed by atoms with Crippen molar-refractivity contribution in [1.82, 2.24) is 15.5 Å². The molecule has 0 unspecified atom stereocenters. The second kappa shape index (κ2) is 7.99. The maximum absolute atomic E-state index is 13.8. The van der Waals surface area contributed by atoms with E-state index in [-0.39, 0.29) is 30.5 Å². The van der Waals surface area contributed by atoms with Gasteiger partial charge in [0.15, 0.2) is 11.6 Å². The topological polar surface area (TPSA) is 91.0 Å². The molecule has 2 fully saturated rings. The summed E-state index contributed by atoms with van der Waals surface area (Å²) in [5, 5.41) is 4.59. The first-order chi connectivity index (χ1) is 13.3. The molecule has 0 bridgehead atoms. The number of nitrogens with zero attached hydrogens (tertiary/aromatic N) is 2. The lowest BCUT2D eigenvalue weighted by Crippen LogP contribution is -2.54. The lowest BCUT2D eigenvalue weighted by Gasteiger charge is -2.41. The number of carbonyl (C=O) groups is 3. The fourth-order valence-corrected chi connectivity index (χ4v) is 3.52. The third kappa shape index (κ3) is 4.00. The minimum Gasteiger partial charge on any atom is -0.493 e. The largest absolute Gasteiger partial charge is 0.493 e. The van der Waals surface area contributed by atoms with E-state index < -0.39 is 29.6 Å². The zero-order valence-electron chi connectivity index (χ0n) is 15.6. The Bertz CT molecular complexity index is 804.